The van der Waals surface area contributed by atoms with Gasteiger partial charge in [-0.1, -0.05) is 36.7 Å². The van der Waals surface area contributed by atoms with E-state index in [0.29, 0.717) is 18.6 Å². The van der Waals surface area contributed by atoms with Crippen LogP contribution in [0.15, 0.2) is 18.2 Å². The Morgan fingerprint density at radius 1 is 1.33 bits per heavy atom. The molecule has 0 bridgehead atoms. The molecule has 3 nitrogen and oxygen atoms in total. The Labute approximate surface area is 134 Å². The number of ether oxygens (including phenoxy) is 2. The molecule has 1 unspecified atom stereocenters. The number of carbonyl (C=O) groups is 1. The number of benzene rings is 1. The fourth-order valence-corrected chi connectivity index (χ4v) is 3.05. The van der Waals surface area contributed by atoms with Gasteiger partial charge in [-0.15, -0.1) is 0 Å². The highest BCUT2D eigenvalue weighted by Crippen LogP contribution is 2.28. The number of Topliss-reactive ketones (excluding diaryl/α,β-unsaturated/α-hetero) is 1. The minimum absolute atomic E-state index is 0.0194. The second-order valence-corrected chi connectivity index (χ2v) is 7.19. The van der Waals surface area contributed by atoms with Crippen LogP contribution >= 0.6 is 15.9 Å². The van der Waals surface area contributed by atoms with Crippen molar-refractivity contribution in [3.63, 3.8) is 0 Å². The number of alkyl halides is 1. The second kappa shape index (κ2) is 7.90. The van der Waals surface area contributed by atoms with Gasteiger partial charge in [0.05, 0.1) is 11.4 Å². The van der Waals surface area contributed by atoms with E-state index in [1.54, 1.807) is 13.2 Å². The number of halogens is 2. The molecule has 0 aliphatic carbocycles. The largest absolute Gasteiger partial charge is 0.488 e. The summed E-state index contributed by atoms with van der Waals surface area (Å²) in [7, 11) is 1.55. The van der Waals surface area contributed by atoms with E-state index < -0.39 is 5.82 Å². The molecule has 1 aromatic carbocycles. The van der Waals surface area contributed by atoms with Gasteiger partial charge in [-0.2, -0.15) is 0 Å². The number of hydrogen-bond acceptors (Lipinski definition) is 3. The molecule has 0 radical (unpaired) electrons. The van der Waals surface area contributed by atoms with Crippen LogP contribution < -0.4 is 4.74 Å². The van der Waals surface area contributed by atoms with Gasteiger partial charge in [0.2, 0.25) is 0 Å². The van der Waals surface area contributed by atoms with Crippen molar-refractivity contribution in [3.8, 4) is 5.75 Å². The highest BCUT2D eigenvalue weighted by Gasteiger charge is 2.24. The van der Waals surface area contributed by atoms with E-state index in [2.05, 4.69) is 36.7 Å². The Morgan fingerprint density at radius 2 is 2.00 bits per heavy atom. The lowest BCUT2D eigenvalue weighted by molar-refractivity contribution is 0.0975. The summed E-state index contributed by atoms with van der Waals surface area (Å²) in [6.45, 7) is 6.83. The van der Waals surface area contributed by atoms with Gasteiger partial charge in [-0.25, -0.2) is 4.39 Å². The van der Waals surface area contributed by atoms with Gasteiger partial charge in [-0.05, 0) is 30.0 Å². The lowest BCUT2D eigenvalue weighted by Crippen LogP contribution is -2.21. The summed E-state index contributed by atoms with van der Waals surface area (Å²) in [5, 5.41) is 0. The lowest BCUT2D eigenvalue weighted by atomic mass is 9.88. The summed E-state index contributed by atoms with van der Waals surface area (Å²) < 4.78 is 24.0. The van der Waals surface area contributed by atoms with Gasteiger partial charge in [0.15, 0.2) is 17.3 Å². The van der Waals surface area contributed by atoms with Crippen LogP contribution in [-0.4, -0.2) is 30.9 Å². The third-order valence-electron chi connectivity index (χ3n) is 2.84. The van der Waals surface area contributed by atoms with Gasteiger partial charge in [-0.3, -0.25) is 4.79 Å². The molecule has 1 atom stereocenters. The summed E-state index contributed by atoms with van der Waals surface area (Å²) in [5.41, 5.74) is 0.365. The van der Waals surface area contributed by atoms with Crippen LogP contribution in [0.4, 0.5) is 4.39 Å². The molecule has 0 aliphatic rings. The van der Waals surface area contributed by atoms with Crippen LogP contribution in [0.5, 0.6) is 5.75 Å². The van der Waals surface area contributed by atoms with E-state index in [4.69, 9.17) is 9.47 Å². The molecule has 1 rings (SSSR count). The summed E-state index contributed by atoms with van der Waals surface area (Å²) in [6.07, 6.45) is 0.680. The SMILES string of the molecule is COCCOc1ccc(C(=O)C(Br)CC(C)(C)C)cc1F. The molecule has 1 aromatic rings. The Hall–Kier alpha value is -0.940. The first-order chi connectivity index (χ1) is 9.74. The van der Waals surface area contributed by atoms with Crippen molar-refractivity contribution >= 4 is 21.7 Å². The molecule has 5 heteroatoms. The van der Waals surface area contributed by atoms with Gasteiger partial charge < -0.3 is 9.47 Å². The molecular formula is C16H22BrFO3. The van der Waals surface area contributed by atoms with Crippen LogP contribution in [0.2, 0.25) is 0 Å². The number of ketones is 1. The number of rotatable bonds is 7. The quantitative estimate of drug-likeness (QED) is 0.414. The molecule has 0 spiro atoms. The molecule has 0 saturated carbocycles. The van der Waals surface area contributed by atoms with E-state index in [1.165, 1.54) is 12.1 Å². The zero-order valence-corrected chi connectivity index (χ0v) is 14.5. The predicted octanol–water partition coefficient (Wildman–Crippen LogP) is 4.23. The van der Waals surface area contributed by atoms with Crippen molar-refractivity contribution in [1.82, 2.24) is 0 Å². The number of methoxy groups -OCH3 is 1. The standard InChI is InChI=1S/C16H22BrFO3/c1-16(2,3)10-12(17)15(19)11-5-6-14(13(18)9-11)21-8-7-20-4/h5-6,9,12H,7-8,10H2,1-4H3. The molecule has 0 aliphatic heterocycles. The van der Waals surface area contributed by atoms with Crippen molar-refractivity contribution < 1.29 is 18.7 Å². The van der Waals surface area contributed by atoms with Crippen LogP contribution in [-0.2, 0) is 4.74 Å². The summed E-state index contributed by atoms with van der Waals surface area (Å²) in [5.74, 6) is -0.523. The Kier molecular flexibility index (Phi) is 6.81. The Morgan fingerprint density at radius 3 is 2.52 bits per heavy atom. The molecule has 0 N–H and O–H groups in total. The molecule has 0 fully saturated rings. The maximum atomic E-state index is 13.9. The van der Waals surface area contributed by atoms with Crippen LogP contribution in [0.25, 0.3) is 0 Å². The predicted molar refractivity (Wildman–Crippen MR) is 84.9 cm³/mol. The highest BCUT2D eigenvalue weighted by atomic mass is 79.9. The maximum absolute atomic E-state index is 13.9. The average Bonchev–Trinajstić information content (AvgIpc) is 2.38. The first-order valence-corrected chi connectivity index (χ1v) is 7.76. The first-order valence-electron chi connectivity index (χ1n) is 6.84. The minimum Gasteiger partial charge on any atom is -0.488 e. The van der Waals surface area contributed by atoms with Crippen LogP contribution in [0.1, 0.15) is 37.6 Å². The number of carbonyl (C=O) groups excluding carboxylic acids is 1. The third kappa shape index (κ3) is 6.14. The van der Waals surface area contributed by atoms with E-state index in [-0.39, 0.29) is 28.4 Å². The van der Waals surface area contributed by atoms with Gasteiger partial charge >= 0.3 is 0 Å². The zero-order valence-electron chi connectivity index (χ0n) is 12.9. The molecule has 118 valence electrons. The highest BCUT2D eigenvalue weighted by molar-refractivity contribution is 9.10. The molecule has 21 heavy (non-hydrogen) atoms. The Bertz CT molecular complexity index is 483. The van der Waals surface area contributed by atoms with E-state index in [1.807, 2.05) is 0 Å². The molecule has 0 amide bonds. The third-order valence-corrected chi connectivity index (χ3v) is 3.58. The fraction of sp³-hybridized carbons (Fsp3) is 0.562. The van der Waals surface area contributed by atoms with Gasteiger partial charge in [0.25, 0.3) is 0 Å². The maximum Gasteiger partial charge on any atom is 0.176 e. The minimum atomic E-state index is -0.535. The molecule has 0 saturated heterocycles. The summed E-state index contributed by atoms with van der Waals surface area (Å²) in [6, 6.07) is 4.29. The van der Waals surface area contributed by atoms with Crippen molar-refractivity contribution in [2.45, 2.75) is 32.0 Å². The zero-order chi connectivity index (χ0) is 16.0. The lowest BCUT2D eigenvalue weighted by Gasteiger charge is -2.21. The van der Waals surface area contributed by atoms with Gasteiger partial charge in [0, 0.05) is 12.7 Å². The molecule has 0 heterocycles. The van der Waals surface area contributed by atoms with Crippen molar-refractivity contribution in [3.05, 3.63) is 29.6 Å². The fourth-order valence-electron chi connectivity index (χ4n) is 1.82. The molecular weight excluding hydrogens is 339 g/mol. The normalized spacial score (nSPS) is 13.0. The average molecular weight is 361 g/mol. The summed E-state index contributed by atoms with van der Waals surface area (Å²) >= 11 is 3.39. The topological polar surface area (TPSA) is 35.5 Å². The van der Waals surface area contributed by atoms with E-state index in [9.17, 15) is 9.18 Å². The monoisotopic (exact) mass is 360 g/mol. The number of hydrogen-bond donors (Lipinski definition) is 0. The van der Waals surface area contributed by atoms with Crippen molar-refractivity contribution in [2.24, 2.45) is 5.41 Å². The van der Waals surface area contributed by atoms with Crippen molar-refractivity contribution in [2.75, 3.05) is 20.3 Å². The van der Waals surface area contributed by atoms with Gasteiger partial charge in [0.1, 0.15) is 6.61 Å². The van der Waals surface area contributed by atoms with E-state index in [0.717, 1.165) is 0 Å². The summed E-state index contributed by atoms with van der Waals surface area (Å²) in [4.78, 5) is 11.9. The first kappa shape index (κ1) is 18.1. The van der Waals surface area contributed by atoms with Crippen LogP contribution in [0.3, 0.4) is 0 Å². The second-order valence-electron chi connectivity index (χ2n) is 6.08. The smallest absolute Gasteiger partial charge is 0.176 e. The Balaban J connectivity index is 2.76. The van der Waals surface area contributed by atoms with Crippen molar-refractivity contribution in [1.29, 1.82) is 0 Å². The van der Waals surface area contributed by atoms with E-state index >= 15 is 0 Å². The van der Waals surface area contributed by atoms with Crippen LogP contribution in [0, 0.1) is 11.2 Å². The molecule has 0 aromatic heterocycles.